The number of hydrogen-bond acceptors (Lipinski definition) is 4. The number of aliphatic hydroxyl groups is 1. The Morgan fingerprint density at radius 1 is 1.29 bits per heavy atom. The molecule has 0 radical (unpaired) electrons. The maximum atomic E-state index is 13.3. The number of rotatable bonds is 8. The van der Waals surface area contributed by atoms with E-state index in [2.05, 4.69) is 23.7 Å². The molecule has 114 valence electrons. The van der Waals surface area contributed by atoms with E-state index < -0.39 is 11.9 Å². The Bertz CT molecular complexity index is 533. The van der Waals surface area contributed by atoms with Crippen LogP contribution in [0.4, 0.5) is 4.39 Å². The highest BCUT2D eigenvalue weighted by Crippen LogP contribution is 2.15. The van der Waals surface area contributed by atoms with Crippen molar-refractivity contribution < 1.29 is 14.2 Å². The Morgan fingerprint density at radius 3 is 2.81 bits per heavy atom. The molecule has 0 saturated carbocycles. The molecule has 21 heavy (non-hydrogen) atoms. The maximum absolute atomic E-state index is 13.3. The molecule has 0 aliphatic heterocycles. The predicted molar refractivity (Wildman–Crippen MR) is 83.4 cm³/mol. The third-order valence-corrected chi connectivity index (χ3v) is 3.96. The first-order valence-electron chi connectivity index (χ1n) is 6.96. The highest BCUT2D eigenvalue weighted by molar-refractivity contribution is 7.09. The zero-order valence-electron chi connectivity index (χ0n) is 12.0. The molecule has 2 N–H and O–H groups in total. The summed E-state index contributed by atoms with van der Waals surface area (Å²) in [5, 5.41) is 15.2. The Hall–Kier alpha value is -1.43. The van der Waals surface area contributed by atoms with Crippen LogP contribution in [0, 0.1) is 5.82 Å². The summed E-state index contributed by atoms with van der Waals surface area (Å²) in [6.07, 6.45) is 0.258. The second-order valence-corrected chi connectivity index (χ2v) is 6.02. The lowest BCUT2D eigenvalue weighted by Gasteiger charge is -2.17. The molecule has 1 aromatic carbocycles. The average Bonchev–Trinajstić information content (AvgIpc) is 2.97. The second-order valence-electron chi connectivity index (χ2n) is 4.99. The Labute approximate surface area is 128 Å². The number of nitrogens with one attached hydrogen (secondary N) is 1. The molecule has 2 atom stereocenters. The molecule has 2 unspecified atom stereocenters. The summed E-state index contributed by atoms with van der Waals surface area (Å²) in [7, 11) is 0. The van der Waals surface area contributed by atoms with Crippen LogP contribution in [-0.4, -0.2) is 30.4 Å². The summed E-state index contributed by atoms with van der Waals surface area (Å²) in [5.74, 6) is -0.244. The van der Waals surface area contributed by atoms with Gasteiger partial charge in [-0.3, -0.25) is 0 Å². The van der Waals surface area contributed by atoms with Crippen molar-refractivity contribution in [2.45, 2.75) is 25.5 Å². The van der Waals surface area contributed by atoms with Crippen LogP contribution < -0.4 is 10.1 Å². The molecule has 1 aromatic heterocycles. The van der Waals surface area contributed by atoms with Crippen LogP contribution >= 0.6 is 11.3 Å². The van der Waals surface area contributed by atoms with E-state index in [-0.39, 0.29) is 18.4 Å². The second kappa shape index (κ2) is 8.12. The molecule has 5 heteroatoms. The van der Waals surface area contributed by atoms with Crippen molar-refractivity contribution in [1.29, 1.82) is 0 Å². The molecular weight excluding hydrogens is 289 g/mol. The fourth-order valence-electron chi connectivity index (χ4n) is 1.95. The number of hydrogen-bond donors (Lipinski definition) is 2. The average molecular weight is 309 g/mol. The van der Waals surface area contributed by atoms with E-state index in [0.29, 0.717) is 6.54 Å². The molecular formula is C16H20FNO2S. The van der Waals surface area contributed by atoms with Crippen molar-refractivity contribution in [3.05, 3.63) is 52.5 Å². The summed E-state index contributed by atoms with van der Waals surface area (Å²) in [6.45, 7) is 2.56. The smallest absolute Gasteiger partial charge is 0.165 e. The zero-order chi connectivity index (χ0) is 15.1. The van der Waals surface area contributed by atoms with E-state index in [1.54, 1.807) is 29.5 Å². The fourth-order valence-corrected chi connectivity index (χ4v) is 2.78. The van der Waals surface area contributed by atoms with Crippen molar-refractivity contribution in [3.8, 4) is 5.75 Å². The van der Waals surface area contributed by atoms with Gasteiger partial charge in [-0.05, 0) is 36.9 Å². The molecule has 0 aliphatic carbocycles. The van der Waals surface area contributed by atoms with Crippen LogP contribution in [0.5, 0.6) is 5.75 Å². The van der Waals surface area contributed by atoms with Gasteiger partial charge in [0.05, 0.1) is 0 Å². The Balaban J connectivity index is 1.67. The van der Waals surface area contributed by atoms with E-state index >= 15 is 0 Å². The van der Waals surface area contributed by atoms with E-state index in [0.717, 1.165) is 6.42 Å². The van der Waals surface area contributed by atoms with Crippen LogP contribution in [0.3, 0.4) is 0 Å². The van der Waals surface area contributed by atoms with Crippen LogP contribution in [0.2, 0.25) is 0 Å². The molecule has 0 amide bonds. The number of aliphatic hydroxyl groups excluding tert-OH is 1. The summed E-state index contributed by atoms with van der Waals surface area (Å²) < 4.78 is 18.6. The largest absolute Gasteiger partial charge is 0.488 e. The number of ether oxygens (including phenoxy) is 1. The van der Waals surface area contributed by atoms with E-state index in [4.69, 9.17) is 4.74 Å². The summed E-state index contributed by atoms with van der Waals surface area (Å²) in [4.78, 5) is 1.31. The van der Waals surface area contributed by atoms with Crippen molar-refractivity contribution in [2.24, 2.45) is 0 Å². The van der Waals surface area contributed by atoms with Gasteiger partial charge in [-0.1, -0.05) is 18.2 Å². The molecule has 1 heterocycles. The minimum absolute atomic E-state index is 0.0691. The topological polar surface area (TPSA) is 41.5 Å². The van der Waals surface area contributed by atoms with E-state index in [1.165, 1.54) is 10.9 Å². The molecule has 0 fully saturated rings. The number of para-hydroxylation sites is 1. The fraction of sp³-hybridized carbons (Fsp3) is 0.375. The van der Waals surface area contributed by atoms with E-state index in [9.17, 15) is 9.50 Å². The molecule has 0 spiro atoms. The maximum Gasteiger partial charge on any atom is 0.165 e. The molecule has 2 rings (SSSR count). The standard InChI is InChI=1S/C16H20FNO2S/c1-12(9-14-5-4-8-21-14)18-10-13(19)11-20-16-7-3-2-6-15(16)17/h2-8,12-13,18-19H,9-11H2,1H3. The highest BCUT2D eigenvalue weighted by Gasteiger charge is 2.10. The highest BCUT2D eigenvalue weighted by atomic mass is 32.1. The Kier molecular flexibility index (Phi) is 6.17. The molecule has 0 bridgehead atoms. The quantitative estimate of drug-likeness (QED) is 0.788. The minimum atomic E-state index is -0.671. The zero-order valence-corrected chi connectivity index (χ0v) is 12.8. The SMILES string of the molecule is CC(Cc1cccs1)NCC(O)COc1ccccc1F. The molecule has 0 aliphatic rings. The predicted octanol–water partition coefficient (Wildman–Crippen LogP) is 2.85. The number of thiophene rings is 1. The molecule has 3 nitrogen and oxygen atoms in total. The van der Waals surface area contributed by atoms with Gasteiger partial charge in [-0.25, -0.2) is 4.39 Å². The van der Waals surface area contributed by atoms with Crippen LogP contribution in [0.15, 0.2) is 41.8 Å². The van der Waals surface area contributed by atoms with Gasteiger partial charge in [-0.2, -0.15) is 0 Å². The van der Waals surface area contributed by atoms with Gasteiger partial charge in [0, 0.05) is 17.5 Å². The van der Waals surface area contributed by atoms with Gasteiger partial charge >= 0.3 is 0 Å². The lowest BCUT2D eigenvalue weighted by molar-refractivity contribution is 0.102. The van der Waals surface area contributed by atoms with Crippen molar-refractivity contribution in [3.63, 3.8) is 0 Å². The van der Waals surface area contributed by atoms with Gasteiger partial charge in [0.2, 0.25) is 0 Å². The number of halogens is 1. The van der Waals surface area contributed by atoms with Gasteiger partial charge in [0.15, 0.2) is 11.6 Å². The van der Waals surface area contributed by atoms with Gasteiger partial charge in [0.25, 0.3) is 0 Å². The first kappa shape index (κ1) is 15.9. The molecule has 0 saturated heterocycles. The molecule has 2 aromatic rings. The van der Waals surface area contributed by atoms with E-state index in [1.807, 2.05) is 6.07 Å². The normalized spacial score (nSPS) is 13.9. The Morgan fingerprint density at radius 2 is 2.10 bits per heavy atom. The first-order valence-corrected chi connectivity index (χ1v) is 7.84. The number of benzene rings is 1. The summed E-state index contributed by atoms with van der Waals surface area (Å²) in [6, 6.07) is 10.6. The van der Waals surface area contributed by atoms with Crippen molar-refractivity contribution >= 4 is 11.3 Å². The third kappa shape index (κ3) is 5.46. The minimum Gasteiger partial charge on any atom is -0.488 e. The summed E-state index contributed by atoms with van der Waals surface area (Å²) >= 11 is 1.73. The van der Waals surface area contributed by atoms with Crippen LogP contribution in [0.25, 0.3) is 0 Å². The van der Waals surface area contributed by atoms with Crippen molar-refractivity contribution in [2.75, 3.05) is 13.2 Å². The van der Waals surface area contributed by atoms with Gasteiger partial charge in [0.1, 0.15) is 12.7 Å². The monoisotopic (exact) mass is 309 g/mol. The third-order valence-electron chi connectivity index (χ3n) is 3.06. The van der Waals surface area contributed by atoms with Crippen molar-refractivity contribution in [1.82, 2.24) is 5.32 Å². The van der Waals surface area contributed by atoms with Crippen LogP contribution in [0.1, 0.15) is 11.8 Å². The first-order chi connectivity index (χ1) is 10.1. The summed E-state index contributed by atoms with van der Waals surface area (Å²) in [5.41, 5.74) is 0. The van der Waals surface area contributed by atoms with Crippen LogP contribution in [-0.2, 0) is 6.42 Å². The lowest BCUT2D eigenvalue weighted by Crippen LogP contribution is -2.37. The van der Waals surface area contributed by atoms with Gasteiger partial charge < -0.3 is 15.2 Å². The van der Waals surface area contributed by atoms with Gasteiger partial charge in [-0.15, -0.1) is 11.3 Å². The lowest BCUT2D eigenvalue weighted by atomic mass is 10.2.